The van der Waals surface area contributed by atoms with Crippen LogP contribution in [0.15, 0.2) is 23.5 Å². The molecular formula is C17H28F3N7. The normalized spacial score (nSPS) is 16.1. The predicted molar refractivity (Wildman–Crippen MR) is 100.0 cm³/mol. The molecule has 1 aliphatic rings. The summed E-state index contributed by atoms with van der Waals surface area (Å²) in [6, 6.07) is 1.79. The highest BCUT2D eigenvalue weighted by Crippen LogP contribution is 2.15. The Kier molecular flexibility index (Phi) is 8.08. The molecule has 0 radical (unpaired) electrons. The number of alkyl halides is 3. The molecule has 0 aromatic carbocycles. The van der Waals surface area contributed by atoms with Gasteiger partial charge in [0.2, 0.25) is 5.95 Å². The van der Waals surface area contributed by atoms with Crippen molar-refractivity contribution in [1.29, 1.82) is 0 Å². The number of aliphatic imine (C=N–C) groups is 1. The zero-order chi connectivity index (χ0) is 19.7. The van der Waals surface area contributed by atoms with Crippen molar-refractivity contribution in [3.8, 4) is 0 Å². The van der Waals surface area contributed by atoms with Crippen LogP contribution in [0.25, 0.3) is 0 Å². The predicted octanol–water partition coefficient (Wildman–Crippen LogP) is 1.45. The average molecular weight is 387 g/mol. The molecule has 0 amide bonds. The summed E-state index contributed by atoms with van der Waals surface area (Å²) in [7, 11) is 1.48. The molecule has 10 heteroatoms. The minimum absolute atomic E-state index is 0.363. The van der Waals surface area contributed by atoms with E-state index in [1.54, 1.807) is 18.5 Å². The Morgan fingerprint density at radius 3 is 2.48 bits per heavy atom. The zero-order valence-corrected chi connectivity index (χ0v) is 15.9. The summed E-state index contributed by atoms with van der Waals surface area (Å²) >= 11 is 0. The van der Waals surface area contributed by atoms with Gasteiger partial charge >= 0.3 is 6.18 Å². The molecular weight excluding hydrogens is 359 g/mol. The van der Waals surface area contributed by atoms with Gasteiger partial charge < -0.3 is 15.1 Å². The summed E-state index contributed by atoms with van der Waals surface area (Å²) in [5.74, 6) is 1.54. The lowest BCUT2D eigenvalue weighted by Crippen LogP contribution is -2.53. The number of anilines is 1. The summed E-state index contributed by atoms with van der Waals surface area (Å²) in [6.45, 7) is 5.88. The molecule has 152 valence electrons. The number of nitrogens with zero attached hydrogens (tertiary/aromatic N) is 6. The van der Waals surface area contributed by atoms with Gasteiger partial charge in [-0.1, -0.05) is 0 Å². The highest BCUT2D eigenvalue weighted by Gasteiger charge is 2.28. The van der Waals surface area contributed by atoms with Gasteiger partial charge in [-0.25, -0.2) is 9.97 Å². The van der Waals surface area contributed by atoms with Gasteiger partial charge in [0, 0.05) is 51.7 Å². The van der Waals surface area contributed by atoms with Crippen LogP contribution in [0.1, 0.15) is 13.3 Å². The number of halogens is 3. The van der Waals surface area contributed by atoms with Gasteiger partial charge in [0.25, 0.3) is 0 Å². The Labute approximate surface area is 158 Å². The lowest BCUT2D eigenvalue weighted by atomic mass is 10.3. The number of aromatic nitrogens is 2. The van der Waals surface area contributed by atoms with E-state index in [2.05, 4.69) is 30.1 Å². The third-order valence-corrected chi connectivity index (χ3v) is 4.16. The summed E-state index contributed by atoms with van der Waals surface area (Å²) < 4.78 is 37.0. The summed E-state index contributed by atoms with van der Waals surface area (Å²) in [5, 5.41) is 3.27. The first-order valence-corrected chi connectivity index (χ1v) is 9.19. The minimum Gasteiger partial charge on any atom is -0.357 e. The molecule has 0 saturated carbocycles. The van der Waals surface area contributed by atoms with Gasteiger partial charge in [-0.15, -0.1) is 0 Å². The van der Waals surface area contributed by atoms with E-state index in [-0.39, 0.29) is 0 Å². The fraction of sp³-hybridized carbons (Fsp3) is 0.706. The van der Waals surface area contributed by atoms with Crippen molar-refractivity contribution in [2.45, 2.75) is 19.5 Å². The number of hydrogen-bond acceptors (Lipinski definition) is 5. The minimum atomic E-state index is -4.16. The Balaban J connectivity index is 1.80. The molecule has 1 aliphatic heterocycles. The van der Waals surface area contributed by atoms with Gasteiger partial charge in [0.05, 0.1) is 6.54 Å². The average Bonchev–Trinajstić information content (AvgIpc) is 2.64. The SMILES string of the molecule is CCNC(=NCCCN(C)CC(F)(F)F)N1CCN(c2ncccn2)CC1. The monoisotopic (exact) mass is 387 g/mol. The van der Waals surface area contributed by atoms with E-state index in [4.69, 9.17) is 0 Å². The van der Waals surface area contributed by atoms with Crippen LogP contribution in [-0.2, 0) is 0 Å². The van der Waals surface area contributed by atoms with Gasteiger partial charge in [-0.3, -0.25) is 9.89 Å². The maximum atomic E-state index is 12.3. The van der Waals surface area contributed by atoms with Crippen LogP contribution in [0.4, 0.5) is 19.1 Å². The molecule has 2 heterocycles. The molecule has 0 bridgehead atoms. The second-order valence-electron chi connectivity index (χ2n) is 6.47. The molecule has 1 fully saturated rings. The number of nitrogens with one attached hydrogen (secondary N) is 1. The van der Waals surface area contributed by atoms with Crippen LogP contribution in [-0.4, -0.2) is 91.3 Å². The van der Waals surface area contributed by atoms with Crippen molar-refractivity contribution in [2.75, 3.05) is 64.3 Å². The lowest BCUT2D eigenvalue weighted by molar-refractivity contribution is -0.143. The molecule has 0 spiro atoms. The van der Waals surface area contributed by atoms with Crippen molar-refractivity contribution >= 4 is 11.9 Å². The summed E-state index contributed by atoms with van der Waals surface area (Å²) in [6.07, 6.45) is -0.111. The third-order valence-electron chi connectivity index (χ3n) is 4.16. The molecule has 0 atom stereocenters. The Morgan fingerprint density at radius 2 is 1.89 bits per heavy atom. The van der Waals surface area contributed by atoms with E-state index in [1.807, 2.05) is 6.92 Å². The van der Waals surface area contributed by atoms with Gasteiger partial charge in [0.15, 0.2) is 5.96 Å². The molecule has 1 N–H and O–H groups in total. The summed E-state index contributed by atoms with van der Waals surface area (Å²) in [5.41, 5.74) is 0. The van der Waals surface area contributed by atoms with Crippen molar-refractivity contribution < 1.29 is 13.2 Å². The molecule has 0 aliphatic carbocycles. The molecule has 1 aromatic heterocycles. The second-order valence-corrected chi connectivity index (χ2v) is 6.47. The van der Waals surface area contributed by atoms with Crippen molar-refractivity contribution in [1.82, 2.24) is 25.1 Å². The van der Waals surface area contributed by atoms with E-state index in [0.717, 1.165) is 44.6 Å². The van der Waals surface area contributed by atoms with Gasteiger partial charge in [-0.2, -0.15) is 13.2 Å². The third kappa shape index (κ3) is 7.58. The first-order valence-electron chi connectivity index (χ1n) is 9.19. The van der Waals surface area contributed by atoms with Crippen LogP contribution in [0.5, 0.6) is 0 Å². The Bertz CT molecular complexity index is 572. The van der Waals surface area contributed by atoms with Crippen LogP contribution in [0, 0.1) is 0 Å². The zero-order valence-electron chi connectivity index (χ0n) is 15.9. The van der Waals surface area contributed by atoms with Crippen LogP contribution in [0.2, 0.25) is 0 Å². The first-order chi connectivity index (χ1) is 12.9. The van der Waals surface area contributed by atoms with Crippen molar-refractivity contribution in [3.63, 3.8) is 0 Å². The molecule has 2 rings (SSSR count). The van der Waals surface area contributed by atoms with E-state index in [1.165, 1.54) is 11.9 Å². The maximum absolute atomic E-state index is 12.3. The van der Waals surface area contributed by atoms with Gasteiger partial charge in [0.1, 0.15) is 0 Å². The fourth-order valence-corrected chi connectivity index (χ4v) is 2.91. The Morgan fingerprint density at radius 1 is 1.22 bits per heavy atom. The first kappa shape index (κ1) is 21.2. The number of hydrogen-bond donors (Lipinski definition) is 1. The lowest BCUT2D eigenvalue weighted by Gasteiger charge is -2.36. The highest BCUT2D eigenvalue weighted by molar-refractivity contribution is 5.80. The number of rotatable bonds is 7. The molecule has 0 unspecified atom stereocenters. The van der Waals surface area contributed by atoms with Crippen molar-refractivity contribution in [2.24, 2.45) is 4.99 Å². The van der Waals surface area contributed by atoms with Crippen LogP contribution in [0.3, 0.4) is 0 Å². The van der Waals surface area contributed by atoms with Crippen molar-refractivity contribution in [3.05, 3.63) is 18.5 Å². The topological polar surface area (TPSA) is 59.9 Å². The summed E-state index contributed by atoms with van der Waals surface area (Å²) in [4.78, 5) is 18.7. The van der Waals surface area contributed by atoms with E-state index < -0.39 is 12.7 Å². The highest BCUT2D eigenvalue weighted by atomic mass is 19.4. The molecule has 1 saturated heterocycles. The molecule has 27 heavy (non-hydrogen) atoms. The smallest absolute Gasteiger partial charge is 0.357 e. The van der Waals surface area contributed by atoms with E-state index in [9.17, 15) is 13.2 Å². The number of piperazine rings is 1. The van der Waals surface area contributed by atoms with Gasteiger partial charge in [-0.05, 0) is 33.0 Å². The standard InChI is InChI=1S/C17H28F3N7/c1-3-21-15(24-8-5-9-25(2)14-17(18,19)20)26-10-12-27(13-11-26)16-22-6-4-7-23-16/h4,6-7H,3,5,8-14H2,1-2H3,(H,21,24). The van der Waals surface area contributed by atoms with Crippen LogP contribution < -0.4 is 10.2 Å². The largest absolute Gasteiger partial charge is 0.401 e. The van der Waals surface area contributed by atoms with E-state index in [0.29, 0.717) is 19.5 Å². The molecule has 7 nitrogen and oxygen atoms in total. The fourth-order valence-electron chi connectivity index (χ4n) is 2.91. The maximum Gasteiger partial charge on any atom is 0.401 e. The number of guanidine groups is 1. The molecule has 1 aromatic rings. The second kappa shape index (κ2) is 10.3. The quantitative estimate of drug-likeness (QED) is 0.434. The van der Waals surface area contributed by atoms with E-state index >= 15 is 0 Å². The Hall–Kier alpha value is -2.10. The van der Waals surface area contributed by atoms with Crippen LogP contribution >= 0.6 is 0 Å².